The number of amides is 1. The Morgan fingerprint density at radius 1 is 1.23 bits per heavy atom. The molecule has 144 valence electrons. The summed E-state index contributed by atoms with van der Waals surface area (Å²) in [6.07, 6.45) is 0. The number of rotatable bonds is 8. The van der Waals surface area contributed by atoms with Crippen LogP contribution >= 0.6 is 11.6 Å². The van der Waals surface area contributed by atoms with Gasteiger partial charge in [-0.25, -0.2) is 0 Å². The molecule has 1 aliphatic heterocycles. The molecule has 1 fully saturated rings. The van der Waals surface area contributed by atoms with Gasteiger partial charge in [0, 0.05) is 45.4 Å². The fraction of sp³-hybridized carbons (Fsp3) is 0.556. The van der Waals surface area contributed by atoms with Crippen molar-refractivity contribution in [2.24, 2.45) is 4.99 Å². The van der Waals surface area contributed by atoms with E-state index >= 15 is 0 Å². The lowest BCUT2D eigenvalue weighted by Crippen LogP contribution is -2.55. The maximum Gasteiger partial charge on any atom is 0.242 e. The largest absolute Gasteiger partial charge is 0.382 e. The molecule has 7 nitrogen and oxygen atoms in total. The zero-order valence-electron chi connectivity index (χ0n) is 15.4. The Balaban J connectivity index is 1.77. The summed E-state index contributed by atoms with van der Waals surface area (Å²) < 4.78 is 10.4. The summed E-state index contributed by atoms with van der Waals surface area (Å²) >= 11 is 5.91. The first-order valence-corrected chi connectivity index (χ1v) is 9.06. The van der Waals surface area contributed by atoms with Crippen LogP contribution in [0.4, 0.5) is 0 Å². The van der Waals surface area contributed by atoms with Gasteiger partial charge in [0.05, 0.1) is 26.4 Å². The number of nitrogens with zero attached hydrogens (tertiary/aromatic N) is 3. The van der Waals surface area contributed by atoms with E-state index in [1.165, 1.54) is 0 Å². The quantitative estimate of drug-likeness (QED) is 0.416. The lowest BCUT2D eigenvalue weighted by Gasteiger charge is -2.36. The van der Waals surface area contributed by atoms with Crippen LogP contribution in [0.2, 0.25) is 5.02 Å². The third-order valence-corrected chi connectivity index (χ3v) is 4.33. The zero-order valence-corrected chi connectivity index (χ0v) is 16.2. The number of hydrogen-bond acceptors (Lipinski definition) is 4. The van der Waals surface area contributed by atoms with E-state index in [0.717, 1.165) is 18.1 Å². The normalized spacial score (nSPS) is 15.5. The molecule has 26 heavy (non-hydrogen) atoms. The van der Waals surface area contributed by atoms with Gasteiger partial charge in [-0.05, 0) is 17.7 Å². The Morgan fingerprint density at radius 2 is 2.00 bits per heavy atom. The molecule has 8 heteroatoms. The minimum Gasteiger partial charge on any atom is -0.382 e. The van der Waals surface area contributed by atoms with Crippen LogP contribution in [-0.4, -0.2) is 81.8 Å². The van der Waals surface area contributed by atoms with Crippen LogP contribution in [0.1, 0.15) is 5.56 Å². The van der Waals surface area contributed by atoms with Gasteiger partial charge < -0.3 is 24.6 Å². The van der Waals surface area contributed by atoms with E-state index in [9.17, 15) is 4.79 Å². The third-order valence-electron chi connectivity index (χ3n) is 4.08. The number of methoxy groups -OCH3 is 1. The van der Waals surface area contributed by atoms with Gasteiger partial charge in [-0.15, -0.1) is 0 Å². The monoisotopic (exact) mass is 382 g/mol. The van der Waals surface area contributed by atoms with Crippen molar-refractivity contribution in [1.29, 1.82) is 0 Å². The van der Waals surface area contributed by atoms with Crippen LogP contribution in [0.25, 0.3) is 0 Å². The molecule has 1 amide bonds. The Bertz CT molecular complexity index is 595. The van der Waals surface area contributed by atoms with Crippen molar-refractivity contribution >= 4 is 23.5 Å². The van der Waals surface area contributed by atoms with Gasteiger partial charge in [-0.2, -0.15) is 0 Å². The van der Waals surface area contributed by atoms with Crippen molar-refractivity contribution in [2.75, 3.05) is 60.2 Å². The number of carbonyl (C=O) groups is 1. The topological polar surface area (TPSA) is 66.4 Å². The van der Waals surface area contributed by atoms with Crippen molar-refractivity contribution in [2.45, 2.75) is 6.54 Å². The molecule has 1 aromatic carbocycles. The van der Waals surface area contributed by atoms with Crippen LogP contribution in [0.5, 0.6) is 0 Å². The SMILES string of the molecule is CN=C(NCCOCCOC)N1CCN(Cc2ccc(Cl)cc2)C(=O)C1. The van der Waals surface area contributed by atoms with E-state index < -0.39 is 0 Å². The van der Waals surface area contributed by atoms with Crippen molar-refractivity contribution in [3.05, 3.63) is 34.9 Å². The predicted octanol–water partition coefficient (Wildman–Crippen LogP) is 1.22. The molecule has 0 unspecified atom stereocenters. The molecule has 1 heterocycles. The lowest BCUT2D eigenvalue weighted by molar-refractivity contribution is -0.135. The molecule has 0 aliphatic carbocycles. The average Bonchev–Trinajstić information content (AvgIpc) is 2.65. The third kappa shape index (κ3) is 6.48. The number of carbonyl (C=O) groups excluding carboxylic acids is 1. The van der Waals surface area contributed by atoms with E-state index in [4.69, 9.17) is 21.1 Å². The number of nitrogens with one attached hydrogen (secondary N) is 1. The fourth-order valence-electron chi connectivity index (χ4n) is 2.68. The molecule has 0 spiro atoms. The van der Waals surface area contributed by atoms with Crippen LogP contribution in [0.15, 0.2) is 29.3 Å². The zero-order chi connectivity index (χ0) is 18.8. The highest BCUT2D eigenvalue weighted by Crippen LogP contribution is 2.13. The van der Waals surface area contributed by atoms with E-state index in [2.05, 4.69) is 10.3 Å². The summed E-state index contributed by atoms with van der Waals surface area (Å²) in [6.45, 7) is 4.66. The van der Waals surface area contributed by atoms with Crippen molar-refractivity contribution in [3.63, 3.8) is 0 Å². The molecule has 2 rings (SSSR count). The number of aliphatic imine (C=N–C) groups is 1. The Labute approximate surface area is 159 Å². The summed E-state index contributed by atoms with van der Waals surface area (Å²) in [5, 5.41) is 3.93. The first-order valence-electron chi connectivity index (χ1n) is 8.68. The molecule has 1 saturated heterocycles. The number of benzene rings is 1. The van der Waals surface area contributed by atoms with Gasteiger partial charge in [0.2, 0.25) is 5.91 Å². The van der Waals surface area contributed by atoms with E-state index in [1.54, 1.807) is 14.2 Å². The molecule has 0 bridgehead atoms. The maximum atomic E-state index is 12.5. The van der Waals surface area contributed by atoms with Crippen LogP contribution in [0, 0.1) is 0 Å². The number of halogens is 1. The first kappa shape index (κ1) is 20.5. The van der Waals surface area contributed by atoms with E-state index in [1.807, 2.05) is 34.1 Å². The predicted molar refractivity (Wildman–Crippen MR) is 102 cm³/mol. The van der Waals surface area contributed by atoms with Gasteiger partial charge in [-0.3, -0.25) is 9.79 Å². The van der Waals surface area contributed by atoms with Crippen molar-refractivity contribution < 1.29 is 14.3 Å². The van der Waals surface area contributed by atoms with Crippen molar-refractivity contribution in [1.82, 2.24) is 15.1 Å². The molecule has 0 radical (unpaired) electrons. The molecule has 1 N–H and O–H groups in total. The molecule has 0 saturated carbocycles. The maximum absolute atomic E-state index is 12.5. The number of ether oxygens (including phenoxy) is 2. The van der Waals surface area contributed by atoms with Gasteiger partial charge in [0.1, 0.15) is 0 Å². The highest BCUT2D eigenvalue weighted by molar-refractivity contribution is 6.30. The van der Waals surface area contributed by atoms with Crippen LogP contribution < -0.4 is 5.32 Å². The second-order valence-corrected chi connectivity index (χ2v) is 6.38. The summed E-state index contributed by atoms with van der Waals surface area (Å²) in [6, 6.07) is 7.59. The molecule has 1 aliphatic rings. The molecule has 1 aromatic rings. The van der Waals surface area contributed by atoms with Gasteiger partial charge >= 0.3 is 0 Å². The highest BCUT2D eigenvalue weighted by atomic mass is 35.5. The Hall–Kier alpha value is -1.83. The highest BCUT2D eigenvalue weighted by Gasteiger charge is 2.25. The van der Waals surface area contributed by atoms with E-state index in [0.29, 0.717) is 51.0 Å². The minimum absolute atomic E-state index is 0.0884. The fourth-order valence-corrected chi connectivity index (χ4v) is 2.80. The summed E-state index contributed by atoms with van der Waals surface area (Å²) in [5.74, 6) is 0.810. The van der Waals surface area contributed by atoms with E-state index in [-0.39, 0.29) is 5.91 Å². The van der Waals surface area contributed by atoms with Crippen LogP contribution in [0.3, 0.4) is 0 Å². The Morgan fingerprint density at radius 3 is 2.65 bits per heavy atom. The second-order valence-electron chi connectivity index (χ2n) is 5.94. The van der Waals surface area contributed by atoms with Crippen molar-refractivity contribution in [3.8, 4) is 0 Å². The summed E-state index contributed by atoms with van der Waals surface area (Å²) in [4.78, 5) is 20.6. The summed E-state index contributed by atoms with van der Waals surface area (Å²) in [5.41, 5.74) is 1.08. The van der Waals surface area contributed by atoms with Crippen LogP contribution in [-0.2, 0) is 20.8 Å². The molecule has 0 atom stereocenters. The number of hydrogen-bond donors (Lipinski definition) is 1. The molecule has 0 aromatic heterocycles. The smallest absolute Gasteiger partial charge is 0.242 e. The van der Waals surface area contributed by atoms with Gasteiger partial charge in [0.15, 0.2) is 5.96 Å². The average molecular weight is 383 g/mol. The first-order chi connectivity index (χ1) is 12.6. The minimum atomic E-state index is 0.0884. The number of piperazine rings is 1. The van der Waals surface area contributed by atoms with Gasteiger partial charge in [0.25, 0.3) is 0 Å². The second kappa shape index (κ2) is 11.0. The standard InChI is InChI=1S/C18H27ClN4O3/c1-20-18(21-7-10-26-12-11-25-2)23-9-8-22(17(24)14-23)13-15-3-5-16(19)6-4-15/h3-6H,7-14H2,1-2H3,(H,20,21). The van der Waals surface area contributed by atoms with Gasteiger partial charge in [-0.1, -0.05) is 23.7 Å². The number of guanidine groups is 1. The Kier molecular flexibility index (Phi) is 8.67. The summed E-state index contributed by atoms with van der Waals surface area (Å²) in [7, 11) is 3.37. The molecular weight excluding hydrogens is 356 g/mol. The molecular formula is C18H27ClN4O3. The lowest BCUT2D eigenvalue weighted by atomic mass is 10.2.